The fourth-order valence-corrected chi connectivity index (χ4v) is 2.48. The lowest BCUT2D eigenvalue weighted by Gasteiger charge is -2.33. The highest BCUT2D eigenvalue weighted by molar-refractivity contribution is 5.72. The molecule has 3 N–H and O–H groups in total. The van der Waals surface area contributed by atoms with Crippen molar-refractivity contribution in [3.05, 3.63) is 11.9 Å². The molecule has 1 aromatic heterocycles. The van der Waals surface area contributed by atoms with Gasteiger partial charge in [-0.1, -0.05) is 6.92 Å². The Morgan fingerprint density at radius 3 is 2.75 bits per heavy atom. The first-order chi connectivity index (χ1) is 9.58. The predicted molar refractivity (Wildman–Crippen MR) is 79.4 cm³/mol. The zero-order valence-corrected chi connectivity index (χ0v) is 12.2. The van der Waals surface area contributed by atoms with Crippen molar-refractivity contribution in [2.45, 2.75) is 33.1 Å². The molecule has 6 heteroatoms. The van der Waals surface area contributed by atoms with Crippen LogP contribution in [-0.4, -0.2) is 35.5 Å². The van der Waals surface area contributed by atoms with Crippen molar-refractivity contribution in [1.82, 2.24) is 15.3 Å². The zero-order chi connectivity index (χ0) is 14.5. The standard InChI is InChI=1S/C14H23N5O/c1-3-13-17-12(15)8-14(18-13)19-6-4-11(5-7-19)9-16-10(2)20/h8,11H,3-7,9H2,1-2H3,(H,16,20)(H2,15,17,18). The minimum atomic E-state index is 0.0450. The third-order valence-electron chi connectivity index (χ3n) is 3.67. The first-order valence-corrected chi connectivity index (χ1v) is 7.21. The van der Waals surface area contributed by atoms with Crippen molar-refractivity contribution in [3.63, 3.8) is 0 Å². The lowest BCUT2D eigenvalue weighted by atomic mass is 9.97. The molecule has 1 fully saturated rings. The first kappa shape index (κ1) is 14.6. The summed E-state index contributed by atoms with van der Waals surface area (Å²) in [4.78, 5) is 21.9. The molecule has 1 amide bonds. The van der Waals surface area contributed by atoms with Crippen molar-refractivity contribution < 1.29 is 4.79 Å². The van der Waals surface area contributed by atoms with Crippen LogP contribution in [0.4, 0.5) is 11.6 Å². The predicted octanol–water partition coefficient (Wildman–Crippen LogP) is 0.974. The Bertz CT molecular complexity index is 469. The zero-order valence-electron chi connectivity index (χ0n) is 12.2. The van der Waals surface area contributed by atoms with E-state index >= 15 is 0 Å². The van der Waals surface area contributed by atoms with Gasteiger partial charge in [0.05, 0.1) is 0 Å². The molecule has 0 aromatic carbocycles. The second kappa shape index (κ2) is 6.54. The number of hydrogen-bond acceptors (Lipinski definition) is 5. The molecular weight excluding hydrogens is 254 g/mol. The molecule has 2 heterocycles. The van der Waals surface area contributed by atoms with Crippen LogP contribution in [0.2, 0.25) is 0 Å². The smallest absolute Gasteiger partial charge is 0.216 e. The second-order valence-corrected chi connectivity index (χ2v) is 5.29. The Kier molecular flexibility index (Phi) is 4.76. The number of aryl methyl sites for hydroxylation is 1. The number of nitrogens with two attached hydrogens (primary N) is 1. The lowest BCUT2D eigenvalue weighted by Crippen LogP contribution is -2.38. The molecule has 0 saturated carbocycles. The highest BCUT2D eigenvalue weighted by Gasteiger charge is 2.20. The van der Waals surface area contributed by atoms with E-state index in [9.17, 15) is 4.79 Å². The van der Waals surface area contributed by atoms with Crippen LogP contribution in [0.3, 0.4) is 0 Å². The number of aromatic nitrogens is 2. The van der Waals surface area contributed by atoms with Crippen molar-refractivity contribution in [3.8, 4) is 0 Å². The van der Waals surface area contributed by atoms with Gasteiger partial charge in [0, 0.05) is 39.0 Å². The van der Waals surface area contributed by atoms with Gasteiger partial charge in [0.1, 0.15) is 17.5 Å². The molecule has 2 rings (SSSR count). The number of piperidine rings is 1. The summed E-state index contributed by atoms with van der Waals surface area (Å²) in [5.74, 6) is 2.85. The molecule has 1 aliphatic heterocycles. The number of nitrogens with one attached hydrogen (secondary N) is 1. The van der Waals surface area contributed by atoms with Gasteiger partial charge in [-0.05, 0) is 18.8 Å². The maximum absolute atomic E-state index is 10.9. The minimum absolute atomic E-state index is 0.0450. The van der Waals surface area contributed by atoms with E-state index in [2.05, 4.69) is 20.2 Å². The molecule has 1 aliphatic rings. The second-order valence-electron chi connectivity index (χ2n) is 5.29. The van der Waals surface area contributed by atoms with Crippen LogP contribution >= 0.6 is 0 Å². The lowest BCUT2D eigenvalue weighted by molar-refractivity contribution is -0.119. The van der Waals surface area contributed by atoms with E-state index in [0.717, 1.165) is 50.5 Å². The molecule has 0 unspecified atom stereocenters. The molecule has 1 saturated heterocycles. The van der Waals surface area contributed by atoms with Gasteiger partial charge in [-0.15, -0.1) is 0 Å². The van der Waals surface area contributed by atoms with Gasteiger partial charge >= 0.3 is 0 Å². The summed E-state index contributed by atoms with van der Waals surface area (Å²) >= 11 is 0. The van der Waals surface area contributed by atoms with Crippen molar-refractivity contribution >= 4 is 17.5 Å². The van der Waals surface area contributed by atoms with Gasteiger partial charge < -0.3 is 16.0 Å². The van der Waals surface area contributed by atoms with E-state index in [1.54, 1.807) is 6.92 Å². The SMILES string of the molecule is CCc1nc(N)cc(N2CCC(CNC(C)=O)CC2)n1. The van der Waals surface area contributed by atoms with Gasteiger partial charge in [0.25, 0.3) is 0 Å². The van der Waals surface area contributed by atoms with E-state index in [-0.39, 0.29) is 5.91 Å². The number of rotatable bonds is 4. The Hall–Kier alpha value is -1.85. The molecule has 0 spiro atoms. The third kappa shape index (κ3) is 3.82. The molecule has 6 nitrogen and oxygen atoms in total. The average molecular weight is 277 g/mol. The molecular formula is C14H23N5O. The number of nitrogen functional groups attached to an aromatic ring is 1. The van der Waals surface area contributed by atoms with Gasteiger partial charge in [-0.2, -0.15) is 0 Å². The first-order valence-electron chi connectivity index (χ1n) is 7.21. The Morgan fingerprint density at radius 2 is 2.15 bits per heavy atom. The summed E-state index contributed by atoms with van der Waals surface area (Å²) in [5.41, 5.74) is 5.82. The summed E-state index contributed by atoms with van der Waals surface area (Å²) in [6.45, 7) is 6.26. The average Bonchev–Trinajstić information content (AvgIpc) is 2.45. The number of anilines is 2. The van der Waals surface area contributed by atoms with Crippen molar-refractivity contribution in [2.24, 2.45) is 5.92 Å². The number of amides is 1. The number of carbonyl (C=O) groups excluding carboxylic acids is 1. The molecule has 0 aliphatic carbocycles. The highest BCUT2D eigenvalue weighted by atomic mass is 16.1. The van der Waals surface area contributed by atoms with E-state index < -0.39 is 0 Å². The van der Waals surface area contributed by atoms with Crippen molar-refractivity contribution in [2.75, 3.05) is 30.3 Å². The summed E-state index contributed by atoms with van der Waals surface area (Å²) < 4.78 is 0. The van der Waals surface area contributed by atoms with E-state index in [4.69, 9.17) is 5.73 Å². The third-order valence-corrected chi connectivity index (χ3v) is 3.67. The van der Waals surface area contributed by atoms with Gasteiger partial charge in [0.15, 0.2) is 0 Å². The van der Waals surface area contributed by atoms with Gasteiger partial charge in [-0.25, -0.2) is 9.97 Å². The molecule has 0 atom stereocenters. The molecule has 1 aromatic rings. The Labute approximate surface area is 119 Å². The molecule has 0 bridgehead atoms. The van der Waals surface area contributed by atoms with Gasteiger partial charge in [-0.3, -0.25) is 4.79 Å². The van der Waals surface area contributed by atoms with Crippen LogP contribution in [0.25, 0.3) is 0 Å². The monoisotopic (exact) mass is 277 g/mol. The van der Waals surface area contributed by atoms with E-state index in [1.165, 1.54) is 0 Å². The summed E-state index contributed by atoms with van der Waals surface area (Å²) in [6, 6.07) is 1.84. The van der Waals surface area contributed by atoms with Crippen LogP contribution in [0, 0.1) is 5.92 Å². The fraction of sp³-hybridized carbons (Fsp3) is 0.643. The summed E-state index contributed by atoms with van der Waals surface area (Å²) in [5, 5.41) is 2.89. The summed E-state index contributed by atoms with van der Waals surface area (Å²) in [6.07, 6.45) is 2.91. The number of carbonyl (C=O) groups is 1. The van der Waals surface area contributed by atoms with E-state index in [0.29, 0.717) is 11.7 Å². The minimum Gasteiger partial charge on any atom is -0.384 e. The van der Waals surface area contributed by atoms with Gasteiger partial charge in [0.2, 0.25) is 5.91 Å². The number of hydrogen-bond donors (Lipinski definition) is 2. The Morgan fingerprint density at radius 1 is 1.45 bits per heavy atom. The van der Waals surface area contributed by atoms with Crippen LogP contribution < -0.4 is 16.0 Å². The van der Waals surface area contributed by atoms with Crippen LogP contribution in [0.1, 0.15) is 32.5 Å². The van der Waals surface area contributed by atoms with Crippen LogP contribution in [0.5, 0.6) is 0 Å². The quantitative estimate of drug-likeness (QED) is 0.857. The maximum Gasteiger partial charge on any atom is 0.216 e. The fourth-order valence-electron chi connectivity index (χ4n) is 2.48. The largest absolute Gasteiger partial charge is 0.384 e. The molecule has 110 valence electrons. The number of nitrogens with zero attached hydrogens (tertiary/aromatic N) is 3. The normalized spacial score (nSPS) is 16.2. The summed E-state index contributed by atoms with van der Waals surface area (Å²) in [7, 11) is 0. The maximum atomic E-state index is 10.9. The van der Waals surface area contributed by atoms with Crippen LogP contribution in [-0.2, 0) is 11.2 Å². The van der Waals surface area contributed by atoms with E-state index in [1.807, 2.05) is 13.0 Å². The van der Waals surface area contributed by atoms with Crippen molar-refractivity contribution in [1.29, 1.82) is 0 Å². The Balaban J connectivity index is 1.93. The molecule has 20 heavy (non-hydrogen) atoms. The van der Waals surface area contributed by atoms with Crippen LogP contribution in [0.15, 0.2) is 6.07 Å². The molecule has 0 radical (unpaired) electrons. The highest BCUT2D eigenvalue weighted by Crippen LogP contribution is 2.22. The topological polar surface area (TPSA) is 84.1 Å².